The van der Waals surface area contributed by atoms with Crippen molar-refractivity contribution in [1.82, 2.24) is 0 Å². The monoisotopic (exact) mass is 346 g/mol. The number of aryl methyl sites for hydroxylation is 1. The molecule has 0 aliphatic carbocycles. The second-order valence-corrected chi connectivity index (χ2v) is 6.77. The Morgan fingerprint density at radius 1 is 1.00 bits per heavy atom. The number of aromatic hydroxyl groups is 1. The molecular weight excluding hydrogens is 324 g/mol. The Bertz CT molecular complexity index is 1010. The van der Waals surface area contributed by atoms with Crippen molar-refractivity contribution in [3.8, 4) is 5.75 Å². The SMILES string of the molecule is CC(C)=C(C(=O)O)c1cc(C)c(O)c2c(Cc3ccccc3)cccc12. The summed E-state index contributed by atoms with van der Waals surface area (Å²) < 4.78 is 0. The molecule has 0 aliphatic heterocycles. The molecule has 3 aromatic rings. The summed E-state index contributed by atoms with van der Waals surface area (Å²) in [4.78, 5) is 11.8. The van der Waals surface area contributed by atoms with E-state index < -0.39 is 5.97 Å². The summed E-state index contributed by atoms with van der Waals surface area (Å²) in [5.41, 5.74) is 4.47. The van der Waals surface area contributed by atoms with Gasteiger partial charge in [-0.1, -0.05) is 54.1 Å². The third-order valence-electron chi connectivity index (χ3n) is 4.63. The maximum Gasteiger partial charge on any atom is 0.336 e. The van der Waals surface area contributed by atoms with Gasteiger partial charge in [0.25, 0.3) is 0 Å². The minimum atomic E-state index is -0.954. The summed E-state index contributed by atoms with van der Waals surface area (Å²) in [6.45, 7) is 5.40. The van der Waals surface area contributed by atoms with E-state index in [0.717, 1.165) is 27.5 Å². The molecule has 3 nitrogen and oxygen atoms in total. The van der Waals surface area contributed by atoms with E-state index in [1.54, 1.807) is 19.9 Å². The maximum atomic E-state index is 11.8. The number of carbonyl (C=O) groups is 1. The largest absolute Gasteiger partial charge is 0.507 e. The molecule has 3 rings (SSSR count). The number of aliphatic carboxylic acids is 1. The number of hydrogen-bond acceptors (Lipinski definition) is 2. The molecule has 2 N–H and O–H groups in total. The van der Waals surface area contributed by atoms with E-state index in [0.29, 0.717) is 17.5 Å². The predicted molar refractivity (Wildman–Crippen MR) is 106 cm³/mol. The lowest BCUT2D eigenvalue weighted by atomic mass is 9.89. The van der Waals surface area contributed by atoms with Gasteiger partial charge in [-0.2, -0.15) is 0 Å². The Hall–Kier alpha value is -3.07. The second-order valence-electron chi connectivity index (χ2n) is 6.77. The van der Waals surface area contributed by atoms with Crippen molar-refractivity contribution >= 4 is 22.3 Å². The average Bonchev–Trinajstić information content (AvgIpc) is 2.59. The molecule has 0 saturated carbocycles. The van der Waals surface area contributed by atoms with Crippen molar-refractivity contribution in [2.75, 3.05) is 0 Å². The van der Waals surface area contributed by atoms with Crippen LogP contribution in [0.15, 0.2) is 60.2 Å². The summed E-state index contributed by atoms with van der Waals surface area (Å²) in [7, 11) is 0. The van der Waals surface area contributed by atoms with E-state index in [-0.39, 0.29) is 11.3 Å². The third-order valence-corrected chi connectivity index (χ3v) is 4.63. The van der Waals surface area contributed by atoms with Crippen molar-refractivity contribution < 1.29 is 15.0 Å². The van der Waals surface area contributed by atoms with Gasteiger partial charge in [0.2, 0.25) is 0 Å². The number of carboxylic acid groups (broad SMARTS) is 1. The number of benzene rings is 3. The van der Waals surface area contributed by atoms with Gasteiger partial charge in [0.1, 0.15) is 5.75 Å². The zero-order valence-electron chi connectivity index (χ0n) is 15.2. The normalized spacial score (nSPS) is 10.7. The summed E-state index contributed by atoms with van der Waals surface area (Å²) in [5.74, 6) is -0.737. The first-order valence-electron chi connectivity index (χ1n) is 8.59. The highest BCUT2D eigenvalue weighted by Crippen LogP contribution is 2.38. The highest BCUT2D eigenvalue weighted by atomic mass is 16.4. The average molecular weight is 346 g/mol. The van der Waals surface area contributed by atoms with Crippen LogP contribution in [0.4, 0.5) is 0 Å². The molecule has 0 aliphatic rings. The highest BCUT2D eigenvalue weighted by Gasteiger charge is 2.19. The third kappa shape index (κ3) is 3.21. The number of fused-ring (bicyclic) bond motifs is 1. The first-order chi connectivity index (χ1) is 12.4. The van der Waals surface area contributed by atoms with Crippen LogP contribution in [0, 0.1) is 6.92 Å². The van der Waals surface area contributed by atoms with Gasteiger partial charge in [-0.25, -0.2) is 4.79 Å². The zero-order chi connectivity index (χ0) is 18.8. The van der Waals surface area contributed by atoms with Crippen molar-refractivity contribution in [2.24, 2.45) is 0 Å². The standard InChI is InChI=1S/C23H22O3/c1-14(2)20(23(25)26)19-12-15(3)22(24)21-17(10-7-11-18(19)21)13-16-8-5-4-6-9-16/h4-12,24H,13H2,1-3H3,(H,25,26). The molecule has 0 heterocycles. The zero-order valence-corrected chi connectivity index (χ0v) is 15.2. The highest BCUT2D eigenvalue weighted by molar-refractivity contribution is 6.20. The van der Waals surface area contributed by atoms with Crippen LogP contribution in [-0.4, -0.2) is 16.2 Å². The lowest BCUT2D eigenvalue weighted by Crippen LogP contribution is -2.04. The molecular formula is C23H22O3. The van der Waals surface area contributed by atoms with Crippen molar-refractivity contribution in [2.45, 2.75) is 27.2 Å². The molecule has 132 valence electrons. The number of carboxylic acids is 1. The molecule has 0 saturated heterocycles. The van der Waals surface area contributed by atoms with Gasteiger partial charge in [0.05, 0.1) is 5.57 Å². The van der Waals surface area contributed by atoms with Gasteiger partial charge in [0.15, 0.2) is 0 Å². The second kappa shape index (κ2) is 7.04. The number of phenolic OH excluding ortho intramolecular Hbond substituents is 1. The van der Waals surface area contributed by atoms with Gasteiger partial charge < -0.3 is 10.2 Å². The van der Waals surface area contributed by atoms with E-state index in [4.69, 9.17) is 0 Å². The number of allylic oxidation sites excluding steroid dienone is 1. The Morgan fingerprint density at radius 2 is 1.69 bits per heavy atom. The van der Waals surface area contributed by atoms with E-state index >= 15 is 0 Å². The predicted octanol–water partition coefficient (Wildman–Crippen LogP) is 5.32. The maximum absolute atomic E-state index is 11.8. The number of rotatable bonds is 4. The molecule has 26 heavy (non-hydrogen) atoms. The van der Waals surface area contributed by atoms with Crippen LogP contribution in [-0.2, 0) is 11.2 Å². The molecule has 0 bridgehead atoms. The van der Waals surface area contributed by atoms with Crippen LogP contribution in [0.3, 0.4) is 0 Å². The fourth-order valence-electron chi connectivity index (χ4n) is 3.43. The van der Waals surface area contributed by atoms with Crippen LogP contribution >= 0.6 is 0 Å². The van der Waals surface area contributed by atoms with Crippen LogP contribution in [0.2, 0.25) is 0 Å². The summed E-state index contributed by atoms with van der Waals surface area (Å²) >= 11 is 0. The molecule has 0 amide bonds. The van der Waals surface area contributed by atoms with Gasteiger partial charge in [-0.15, -0.1) is 0 Å². The fourth-order valence-corrected chi connectivity index (χ4v) is 3.43. The van der Waals surface area contributed by atoms with E-state index in [2.05, 4.69) is 0 Å². The molecule has 3 aromatic carbocycles. The van der Waals surface area contributed by atoms with Crippen LogP contribution < -0.4 is 0 Å². The topological polar surface area (TPSA) is 57.5 Å². The minimum absolute atomic E-state index is 0.216. The summed E-state index contributed by atoms with van der Waals surface area (Å²) in [6.07, 6.45) is 0.672. The number of hydrogen-bond donors (Lipinski definition) is 2. The Morgan fingerprint density at radius 3 is 2.31 bits per heavy atom. The van der Waals surface area contributed by atoms with Gasteiger partial charge >= 0.3 is 5.97 Å². The fraction of sp³-hybridized carbons (Fsp3) is 0.174. The van der Waals surface area contributed by atoms with E-state index in [1.165, 1.54) is 0 Å². The van der Waals surface area contributed by atoms with Crippen molar-refractivity contribution in [3.05, 3.63) is 82.4 Å². The van der Waals surface area contributed by atoms with Crippen molar-refractivity contribution in [1.29, 1.82) is 0 Å². The molecule has 0 radical (unpaired) electrons. The van der Waals surface area contributed by atoms with E-state index in [9.17, 15) is 15.0 Å². The summed E-state index contributed by atoms with van der Waals surface area (Å²) in [6, 6.07) is 17.6. The van der Waals surface area contributed by atoms with Crippen LogP contribution in [0.25, 0.3) is 16.3 Å². The molecule has 0 spiro atoms. The molecule has 0 atom stereocenters. The first-order valence-corrected chi connectivity index (χ1v) is 8.59. The molecule has 0 unspecified atom stereocenters. The molecule has 0 aromatic heterocycles. The smallest absolute Gasteiger partial charge is 0.336 e. The van der Waals surface area contributed by atoms with Gasteiger partial charge in [-0.05, 0) is 60.9 Å². The Kier molecular flexibility index (Phi) is 4.81. The summed E-state index contributed by atoms with van der Waals surface area (Å²) in [5, 5.41) is 21.9. The Labute approximate surface area is 153 Å². The molecule has 3 heteroatoms. The minimum Gasteiger partial charge on any atom is -0.507 e. The first kappa shape index (κ1) is 17.7. The van der Waals surface area contributed by atoms with Crippen LogP contribution in [0.5, 0.6) is 5.75 Å². The quantitative estimate of drug-likeness (QED) is 0.628. The Balaban J connectivity index is 2.31. The molecule has 0 fully saturated rings. The number of phenols is 1. The van der Waals surface area contributed by atoms with Gasteiger partial charge in [-0.3, -0.25) is 0 Å². The van der Waals surface area contributed by atoms with Crippen LogP contribution in [0.1, 0.15) is 36.1 Å². The van der Waals surface area contributed by atoms with E-state index in [1.807, 2.05) is 55.5 Å². The lowest BCUT2D eigenvalue weighted by Gasteiger charge is -2.16. The van der Waals surface area contributed by atoms with Gasteiger partial charge in [0, 0.05) is 5.39 Å². The lowest BCUT2D eigenvalue weighted by molar-refractivity contribution is -0.130. The van der Waals surface area contributed by atoms with Crippen molar-refractivity contribution in [3.63, 3.8) is 0 Å².